The highest BCUT2D eigenvalue weighted by molar-refractivity contribution is 7.89. The Kier molecular flexibility index (Phi) is 4.73. The molecule has 1 N–H and O–H groups in total. The molecule has 0 bridgehead atoms. The average Bonchev–Trinajstić information content (AvgIpc) is 2.86. The van der Waals surface area contributed by atoms with Gasteiger partial charge in [-0.2, -0.15) is 0 Å². The van der Waals surface area contributed by atoms with Crippen LogP contribution in [0.2, 0.25) is 0 Å². The lowest BCUT2D eigenvalue weighted by molar-refractivity contribution is 0.0680. The number of carboxylic acids is 1. The molecule has 118 valence electrons. The van der Waals surface area contributed by atoms with Gasteiger partial charge < -0.3 is 9.67 Å². The molecule has 6 nitrogen and oxygen atoms in total. The highest BCUT2D eigenvalue weighted by atomic mass is 32.2. The minimum atomic E-state index is -3.19. The van der Waals surface area contributed by atoms with Gasteiger partial charge >= 0.3 is 5.97 Å². The first-order valence-corrected chi connectivity index (χ1v) is 8.80. The third kappa shape index (κ3) is 3.65. The van der Waals surface area contributed by atoms with Crippen LogP contribution in [-0.4, -0.2) is 47.2 Å². The van der Waals surface area contributed by atoms with E-state index >= 15 is 0 Å². The van der Waals surface area contributed by atoms with Gasteiger partial charge in [-0.1, -0.05) is 13.8 Å². The summed E-state index contributed by atoms with van der Waals surface area (Å²) in [5.41, 5.74) is 0.262. The summed E-state index contributed by atoms with van der Waals surface area (Å²) in [6, 6.07) is 3.34. The fourth-order valence-corrected chi connectivity index (χ4v) is 4.64. The molecule has 1 aliphatic rings. The maximum Gasteiger partial charge on any atom is 0.352 e. The van der Waals surface area contributed by atoms with Gasteiger partial charge in [-0.3, -0.25) is 0 Å². The molecule has 7 heteroatoms. The van der Waals surface area contributed by atoms with E-state index in [0.717, 1.165) is 0 Å². The van der Waals surface area contributed by atoms with Crippen molar-refractivity contribution >= 4 is 16.0 Å². The zero-order chi connectivity index (χ0) is 15.6. The maximum atomic E-state index is 12.2. The van der Waals surface area contributed by atoms with Crippen molar-refractivity contribution in [2.45, 2.75) is 32.7 Å². The topological polar surface area (TPSA) is 79.6 Å². The second kappa shape index (κ2) is 6.19. The number of nitrogens with zero attached hydrogens (tertiary/aromatic N) is 2. The number of hydrogen-bond donors (Lipinski definition) is 1. The van der Waals surface area contributed by atoms with E-state index in [4.69, 9.17) is 5.11 Å². The van der Waals surface area contributed by atoms with Crippen LogP contribution in [-0.2, 0) is 10.0 Å². The van der Waals surface area contributed by atoms with Crippen LogP contribution in [0.5, 0.6) is 0 Å². The van der Waals surface area contributed by atoms with E-state index in [1.165, 1.54) is 4.31 Å². The monoisotopic (exact) mass is 314 g/mol. The van der Waals surface area contributed by atoms with Gasteiger partial charge in [-0.15, -0.1) is 0 Å². The number of carboxylic acid groups (broad SMARTS) is 1. The zero-order valence-corrected chi connectivity index (χ0v) is 13.2. The average molecular weight is 314 g/mol. The number of hydrogen-bond acceptors (Lipinski definition) is 3. The lowest BCUT2D eigenvalue weighted by Gasteiger charge is -2.32. The van der Waals surface area contributed by atoms with E-state index in [0.29, 0.717) is 25.9 Å². The molecule has 1 aliphatic heterocycles. The Morgan fingerprint density at radius 2 is 2.00 bits per heavy atom. The summed E-state index contributed by atoms with van der Waals surface area (Å²) in [6.07, 6.45) is 3.05. The van der Waals surface area contributed by atoms with Crippen molar-refractivity contribution in [3.05, 3.63) is 24.0 Å². The minimum Gasteiger partial charge on any atom is -0.477 e. The molecule has 0 atom stereocenters. The van der Waals surface area contributed by atoms with Crippen LogP contribution in [0.25, 0.3) is 0 Å². The summed E-state index contributed by atoms with van der Waals surface area (Å²) in [5.74, 6) is -0.674. The Balaban J connectivity index is 2.04. The smallest absolute Gasteiger partial charge is 0.352 e. The zero-order valence-electron chi connectivity index (χ0n) is 12.4. The van der Waals surface area contributed by atoms with Crippen molar-refractivity contribution < 1.29 is 18.3 Å². The third-order valence-electron chi connectivity index (χ3n) is 3.75. The molecule has 0 aliphatic carbocycles. The molecule has 0 saturated carbocycles. The van der Waals surface area contributed by atoms with E-state index in [9.17, 15) is 13.2 Å². The van der Waals surface area contributed by atoms with E-state index in [2.05, 4.69) is 0 Å². The number of aromatic carboxylic acids is 1. The molecule has 1 fully saturated rings. The van der Waals surface area contributed by atoms with Gasteiger partial charge in [0.15, 0.2) is 0 Å². The van der Waals surface area contributed by atoms with Gasteiger partial charge in [0.05, 0.1) is 5.75 Å². The first-order valence-electron chi connectivity index (χ1n) is 7.19. The fourth-order valence-electron chi connectivity index (χ4n) is 2.82. The number of piperidine rings is 1. The van der Waals surface area contributed by atoms with Crippen molar-refractivity contribution in [2.75, 3.05) is 18.8 Å². The van der Waals surface area contributed by atoms with Crippen LogP contribution in [0.1, 0.15) is 43.2 Å². The highest BCUT2D eigenvalue weighted by Gasteiger charge is 2.30. The molecule has 1 saturated heterocycles. The maximum absolute atomic E-state index is 12.2. The van der Waals surface area contributed by atoms with Crippen LogP contribution in [0.15, 0.2) is 18.3 Å². The molecule has 0 amide bonds. The standard InChI is InChI=1S/C14H22N2O4S/c1-11(2)10-21(19,20)15-8-5-12(6-9-15)16-7-3-4-13(16)14(17)18/h3-4,7,11-12H,5-6,8-10H2,1-2H3,(H,17,18). The Morgan fingerprint density at radius 1 is 1.38 bits per heavy atom. The molecule has 21 heavy (non-hydrogen) atoms. The lowest BCUT2D eigenvalue weighted by Crippen LogP contribution is -2.41. The molecule has 0 radical (unpaired) electrons. The SMILES string of the molecule is CC(C)CS(=O)(=O)N1CCC(n2cccc2C(=O)O)CC1. The minimum absolute atomic E-state index is 0.0524. The van der Waals surface area contributed by atoms with Crippen LogP contribution in [0, 0.1) is 5.92 Å². The summed E-state index contributed by atoms with van der Waals surface area (Å²) in [4.78, 5) is 11.1. The van der Waals surface area contributed by atoms with Crippen molar-refractivity contribution in [1.82, 2.24) is 8.87 Å². The van der Waals surface area contributed by atoms with Crippen LogP contribution >= 0.6 is 0 Å². The summed E-state index contributed by atoms with van der Waals surface area (Å²) >= 11 is 0. The molecule has 1 aromatic rings. The van der Waals surface area contributed by atoms with Crippen molar-refractivity contribution in [3.63, 3.8) is 0 Å². The molecule has 1 aromatic heterocycles. The van der Waals surface area contributed by atoms with Crippen LogP contribution in [0.4, 0.5) is 0 Å². The number of carbonyl (C=O) groups is 1. The highest BCUT2D eigenvalue weighted by Crippen LogP contribution is 2.26. The Labute approximate surface area is 125 Å². The molecule has 2 rings (SSSR count). The first-order chi connectivity index (χ1) is 9.81. The van der Waals surface area contributed by atoms with Gasteiger partial charge in [0.1, 0.15) is 5.69 Å². The lowest BCUT2D eigenvalue weighted by atomic mass is 10.1. The summed E-state index contributed by atoms with van der Waals surface area (Å²) < 4.78 is 27.7. The second-order valence-electron chi connectivity index (χ2n) is 5.91. The van der Waals surface area contributed by atoms with Crippen LogP contribution < -0.4 is 0 Å². The molecular formula is C14H22N2O4S. The number of aromatic nitrogens is 1. The summed E-state index contributed by atoms with van der Waals surface area (Å²) in [6.45, 7) is 4.69. The largest absolute Gasteiger partial charge is 0.477 e. The third-order valence-corrected chi connectivity index (χ3v) is 5.99. The van der Waals surface area contributed by atoms with Crippen molar-refractivity contribution in [3.8, 4) is 0 Å². The first kappa shape index (κ1) is 16.0. The Hall–Kier alpha value is -1.34. The second-order valence-corrected chi connectivity index (χ2v) is 7.92. The summed E-state index contributed by atoms with van der Waals surface area (Å²) in [5, 5.41) is 9.14. The molecule has 0 unspecified atom stereocenters. The molecule has 2 heterocycles. The molecule has 0 aromatic carbocycles. The normalized spacial score (nSPS) is 18.2. The van der Waals surface area contributed by atoms with E-state index in [-0.39, 0.29) is 23.4 Å². The van der Waals surface area contributed by atoms with Gasteiger partial charge in [0.25, 0.3) is 0 Å². The molecule has 0 spiro atoms. The quantitative estimate of drug-likeness (QED) is 0.899. The predicted molar refractivity (Wildman–Crippen MR) is 79.9 cm³/mol. The Bertz CT molecular complexity index is 598. The van der Waals surface area contributed by atoms with Crippen molar-refractivity contribution in [2.24, 2.45) is 5.92 Å². The van der Waals surface area contributed by atoms with Gasteiger partial charge in [-0.25, -0.2) is 17.5 Å². The van der Waals surface area contributed by atoms with E-state index < -0.39 is 16.0 Å². The number of rotatable bonds is 5. The van der Waals surface area contributed by atoms with E-state index in [1.54, 1.807) is 22.9 Å². The number of sulfonamides is 1. The van der Waals surface area contributed by atoms with E-state index in [1.807, 2.05) is 13.8 Å². The van der Waals surface area contributed by atoms with Crippen molar-refractivity contribution in [1.29, 1.82) is 0 Å². The van der Waals surface area contributed by atoms with Gasteiger partial charge in [-0.05, 0) is 30.9 Å². The van der Waals surface area contributed by atoms with Crippen LogP contribution in [0.3, 0.4) is 0 Å². The van der Waals surface area contributed by atoms with Gasteiger partial charge in [0.2, 0.25) is 10.0 Å². The van der Waals surface area contributed by atoms with Gasteiger partial charge in [0, 0.05) is 25.3 Å². The summed E-state index contributed by atoms with van der Waals surface area (Å²) in [7, 11) is -3.19. The fraction of sp³-hybridized carbons (Fsp3) is 0.643. The predicted octanol–water partition coefficient (Wildman–Crippen LogP) is 1.81. The Morgan fingerprint density at radius 3 is 2.52 bits per heavy atom. The molecular weight excluding hydrogens is 292 g/mol.